The number of rotatable bonds is 16. The normalized spacial score (nSPS) is 15.0. The number of halogens is 1. The molecule has 46 heavy (non-hydrogen) atoms. The fourth-order valence-electron chi connectivity index (χ4n) is 5.50. The molecule has 1 aliphatic heterocycles. The Balaban J connectivity index is 1.76. The Bertz CT molecular complexity index is 1570. The number of hydrogen-bond acceptors (Lipinski definition) is 6. The number of nitrogens with one attached hydrogen (secondary N) is 2. The van der Waals surface area contributed by atoms with Gasteiger partial charge in [-0.05, 0) is 79.3 Å². The lowest BCUT2D eigenvalue weighted by atomic mass is 9.86. The number of allylic oxidation sites excluding steroid dienone is 3. The molecule has 0 radical (unpaired) electrons. The van der Waals surface area contributed by atoms with Gasteiger partial charge in [0.1, 0.15) is 28.6 Å². The van der Waals surface area contributed by atoms with Gasteiger partial charge in [0.05, 0.1) is 11.8 Å². The van der Waals surface area contributed by atoms with E-state index in [1.807, 2.05) is 75.5 Å². The summed E-state index contributed by atoms with van der Waals surface area (Å²) < 4.78 is 27.9. The first-order chi connectivity index (χ1) is 22.2. The number of carbonyl (C=O) groups excluding carboxylic acids is 1. The molecule has 1 aromatic heterocycles. The molecule has 3 aromatic rings. The summed E-state index contributed by atoms with van der Waals surface area (Å²) in [5.41, 5.74) is 2.26. The van der Waals surface area contributed by atoms with Gasteiger partial charge in [-0.1, -0.05) is 65.2 Å². The number of aliphatic hydroxyl groups is 1. The van der Waals surface area contributed by atoms with Gasteiger partial charge in [-0.25, -0.2) is 9.07 Å². The van der Waals surface area contributed by atoms with Gasteiger partial charge >= 0.3 is 0 Å². The van der Waals surface area contributed by atoms with Crippen LogP contribution in [0.2, 0.25) is 0 Å². The molecule has 2 atom stereocenters. The third kappa shape index (κ3) is 8.46. The molecular weight excluding hydrogens is 583 g/mol. The lowest BCUT2D eigenvalue weighted by molar-refractivity contribution is 0.0210. The number of hydrogen-bond donors (Lipinski definition) is 3. The van der Waals surface area contributed by atoms with Crippen molar-refractivity contribution in [2.24, 2.45) is 0 Å². The summed E-state index contributed by atoms with van der Waals surface area (Å²) in [6, 6.07) is 12.8. The Kier molecular flexibility index (Phi) is 12.2. The minimum atomic E-state index is -1.55. The summed E-state index contributed by atoms with van der Waals surface area (Å²) in [5, 5.41) is 22.0. The molecule has 0 fully saturated rings. The highest BCUT2D eigenvalue weighted by Crippen LogP contribution is 2.38. The first-order valence-electron chi connectivity index (χ1n) is 16.4. The Hall–Kier alpha value is -4.37. The zero-order valence-corrected chi connectivity index (χ0v) is 27.6. The van der Waals surface area contributed by atoms with Gasteiger partial charge < -0.3 is 25.2 Å². The molecule has 0 saturated carbocycles. The third-order valence-corrected chi connectivity index (χ3v) is 7.97. The zero-order chi connectivity index (χ0) is 33.1. The first-order valence-corrected chi connectivity index (χ1v) is 16.4. The van der Waals surface area contributed by atoms with E-state index in [4.69, 9.17) is 9.47 Å². The Morgan fingerprint density at radius 2 is 1.96 bits per heavy atom. The molecule has 1 aliphatic rings. The van der Waals surface area contributed by atoms with Crippen LogP contribution < -0.4 is 20.1 Å². The van der Waals surface area contributed by atoms with Crippen molar-refractivity contribution in [2.75, 3.05) is 11.9 Å². The van der Waals surface area contributed by atoms with E-state index in [2.05, 4.69) is 22.7 Å². The number of benzene rings is 2. The number of ether oxygens (including phenoxy) is 2. The summed E-state index contributed by atoms with van der Waals surface area (Å²) in [4.78, 5) is 13.6. The van der Waals surface area contributed by atoms with Crippen molar-refractivity contribution in [3.63, 3.8) is 0 Å². The van der Waals surface area contributed by atoms with Crippen LogP contribution in [0.15, 0.2) is 72.6 Å². The lowest BCUT2D eigenvalue weighted by Crippen LogP contribution is -2.24. The van der Waals surface area contributed by atoms with Crippen molar-refractivity contribution in [3.8, 4) is 17.2 Å². The number of nitrogens with zero attached hydrogens (tertiary/aromatic N) is 2. The summed E-state index contributed by atoms with van der Waals surface area (Å²) in [5.74, 6) is 1.73. The van der Waals surface area contributed by atoms with E-state index in [0.29, 0.717) is 65.7 Å². The Morgan fingerprint density at radius 3 is 2.67 bits per heavy atom. The van der Waals surface area contributed by atoms with Crippen molar-refractivity contribution in [1.82, 2.24) is 15.1 Å². The number of fused-ring (bicyclic) bond motifs is 1. The number of alkyl halides is 1. The van der Waals surface area contributed by atoms with Gasteiger partial charge in [0.15, 0.2) is 0 Å². The minimum absolute atomic E-state index is 0.314. The van der Waals surface area contributed by atoms with Gasteiger partial charge in [-0.3, -0.25) is 4.79 Å². The SMILES string of the molecule is CC/C=C/C(NC(=O)c1cnn2c1NCC=C2)=C(\CCC)c1cc(Oc2cccc(C(O)(CC)CCCC)c2)ccc1OC(C)F. The molecule has 3 N–H and O–H groups in total. The highest BCUT2D eigenvalue weighted by molar-refractivity contribution is 6.01. The predicted molar refractivity (Wildman–Crippen MR) is 183 cm³/mol. The summed E-state index contributed by atoms with van der Waals surface area (Å²) in [6.45, 7) is 10.1. The van der Waals surface area contributed by atoms with E-state index in [0.717, 1.165) is 36.8 Å². The highest BCUT2D eigenvalue weighted by atomic mass is 19.1. The molecular formula is C37H47FN4O4. The van der Waals surface area contributed by atoms with Crippen LogP contribution in [0.25, 0.3) is 11.8 Å². The number of unbranched alkanes of at least 4 members (excludes halogenated alkanes) is 1. The predicted octanol–water partition coefficient (Wildman–Crippen LogP) is 8.96. The minimum Gasteiger partial charge on any atom is -0.460 e. The van der Waals surface area contributed by atoms with Crippen LogP contribution in [0.5, 0.6) is 17.2 Å². The van der Waals surface area contributed by atoms with Gasteiger partial charge in [0, 0.05) is 30.9 Å². The van der Waals surface area contributed by atoms with Gasteiger partial charge in [-0.2, -0.15) is 5.10 Å². The molecule has 2 unspecified atom stereocenters. The molecule has 0 saturated heterocycles. The second kappa shape index (κ2) is 16.3. The van der Waals surface area contributed by atoms with Crippen LogP contribution in [0.4, 0.5) is 10.2 Å². The van der Waals surface area contributed by atoms with E-state index >= 15 is 0 Å². The van der Waals surface area contributed by atoms with Crippen LogP contribution in [-0.2, 0) is 5.60 Å². The molecule has 0 spiro atoms. The van der Waals surface area contributed by atoms with Gasteiger partial charge in [0.25, 0.3) is 5.91 Å². The van der Waals surface area contributed by atoms with Crippen LogP contribution in [0, 0.1) is 0 Å². The smallest absolute Gasteiger partial charge is 0.261 e. The molecule has 0 bridgehead atoms. The molecule has 0 aliphatic carbocycles. The standard InChI is InChI=1S/C37H47FN4O4/c1-6-10-17-33(41-36(43)32-25-40-42-22-13-21-39-35(32)42)30(14-8-3)31-24-29(18-19-34(31)45-26(5)38)46-28-16-12-15-27(23-28)37(44,9-4)20-11-7-2/h10,12-13,15-19,22-26,39,44H,6-9,11,14,20-21H2,1-5H3,(H,41,43)/b17-10+,33-30-. The Labute approximate surface area is 272 Å². The fraction of sp³-hybridized carbons (Fsp3) is 0.405. The summed E-state index contributed by atoms with van der Waals surface area (Å²) >= 11 is 0. The Morgan fingerprint density at radius 1 is 1.15 bits per heavy atom. The first kappa shape index (κ1) is 34.5. The van der Waals surface area contributed by atoms with Crippen molar-refractivity contribution < 1.29 is 23.8 Å². The summed E-state index contributed by atoms with van der Waals surface area (Å²) in [7, 11) is 0. The number of aromatic nitrogens is 2. The maximum atomic E-state index is 14.3. The molecule has 2 heterocycles. The van der Waals surface area contributed by atoms with Gasteiger partial charge in [-0.15, -0.1) is 0 Å². The maximum absolute atomic E-state index is 14.3. The monoisotopic (exact) mass is 630 g/mol. The number of carbonyl (C=O) groups is 1. The van der Waals surface area contributed by atoms with Crippen molar-refractivity contribution in [2.45, 2.75) is 91.5 Å². The van der Waals surface area contributed by atoms with Crippen LogP contribution in [0.1, 0.15) is 101 Å². The lowest BCUT2D eigenvalue weighted by Gasteiger charge is -2.27. The second-order valence-electron chi connectivity index (χ2n) is 11.5. The summed E-state index contributed by atoms with van der Waals surface area (Å²) in [6.07, 6.45) is 12.8. The van der Waals surface area contributed by atoms with E-state index in [1.54, 1.807) is 16.8 Å². The van der Waals surface area contributed by atoms with E-state index in [1.165, 1.54) is 13.1 Å². The van der Waals surface area contributed by atoms with E-state index < -0.39 is 12.0 Å². The molecule has 8 nitrogen and oxygen atoms in total. The van der Waals surface area contributed by atoms with Crippen molar-refractivity contribution in [1.29, 1.82) is 0 Å². The van der Waals surface area contributed by atoms with E-state index in [-0.39, 0.29) is 5.91 Å². The van der Waals surface area contributed by atoms with Gasteiger partial charge in [0.2, 0.25) is 6.36 Å². The highest BCUT2D eigenvalue weighted by Gasteiger charge is 2.27. The van der Waals surface area contributed by atoms with E-state index in [9.17, 15) is 14.3 Å². The third-order valence-electron chi connectivity index (χ3n) is 7.97. The van der Waals surface area contributed by atoms with Crippen LogP contribution in [0.3, 0.4) is 0 Å². The number of amides is 1. The zero-order valence-electron chi connectivity index (χ0n) is 27.6. The average Bonchev–Trinajstić information content (AvgIpc) is 3.50. The quantitative estimate of drug-likeness (QED) is 0.137. The number of anilines is 1. The fourth-order valence-corrected chi connectivity index (χ4v) is 5.50. The molecule has 1 amide bonds. The molecule has 246 valence electrons. The molecule has 2 aromatic carbocycles. The van der Waals surface area contributed by atoms with Crippen molar-refractivity contribution in [3.05, 3.63) is 89.3 Å². The molecule has 4 rings (SSSR count). The molecule has 9 heteroatoms. The van der Waals surface area contributed by atoms with Crippen molar-refractivity contribution >= 4 is 23.5 Å². The van der Waals surface area contributed by atoms with Crippen LogP contribution >= 0.6 is 0 Å². The largest absolute Gasteiger partial charge is 0.460 e. The average molecular weight is 631 g/mol. The topological polar surface area (TPSA) is 97.6 Å². The maximum Gasteiger partial charge on any atom is 0.261 e. The van der Waals surface area contributed by atoms with Crippen LogP contribution in [-0.4, -0.2) is 33.7 Å². The second-order valence-corrected chi connectivity index (χ2v) is 11.5.